The Morgan fingerprint density at radius 1 is 1.16 bits per heavy atom. The van der Waals surface area contributed by atoms with Crippen LogP contribution in [0, 0.1) is 0 Å². The lowest BCUT2D eigenvalue weighted by molar-refractivity contribution is 0.0552. The van der Waals surface area contributed by atoms with E-state index in [0.29, 0.717) is 50.8 Å². The van der Waals surface area contributed by atoms with E-state index in [2.05, 4.69) is 9.97 Å². The first-order valence-electron chi connectivity index (χ1n) is 8.44. The molecule has 9 heteroatoms. The minimum Gasteiger partial charge on any atom is -0.439 e. The Kier molecular flexibility index (Phi) is 3.95. The van der Waals surface area contributed by atoms with Gasteiger partial charge in [0.25, 0.3) is 5.91 Å². The molecule has 4 rings (SSSR count). The van der Waals surface area contributed by atoms with Crippen molar-refractivity contribution in [1.29, 1.82) is 0 Å². The van der Waals surface area contributed by atoms with Crippen LogP contribution in [0.4, 0.5) is 10.7 Å². The van der Waals surface area contributed by atoms with Gasteiger partial charge in [0.05, 0.1) is 31.9 Å². The number of hydrogen-bond acceptors (Lipinski definition) is 7. The van der Waals surface area contributed by atoms with Crippen LogP contribution in [-0.4, -0.2) is 90.4 Å². The van der Waals surface area contributed by atoms with Gasteiger partial charge in [0.1, 0.15) is 0 Å². The van der Waals surface area contributed by atoms with E-state index < -0.39 is 5.60 Å². The molecule has 3 saturated heterocycles. The highest BCUT2D eigenvalue weighted by Gasteiger charge is 2.49. The number of anilines is 1. The van der Waals surface area contributed by atoms with E-state index in [1.165, 1.54) is 0 Å². The number of morpholine rings is 1. The van der Waals surface area contributed by atoms with E-state index in [4.69, 9.17) is 9.47 Å². The van der Waals surface area contributed by atoms with Crippen LogP contribution in [0.15, 0.2) is 12.4 Å². The molecule has 3 fully saturated rings. The number of aromatic nitrogens is 2. The summed E-state index contributed by atoms with van der Waals surface area (Å²) in [6.07, 6.45) is 3.46. The summed E-state index contributed by atoms with van der Waals surface area (Å²) >= 11 is 0. The van der Waals surface area contributed by atoms with Gasteiger partial charge in [0.2, 0.25) is 5.95 Å². The van der Waals surface area contributed by atoms with E-state index in [-0.39, 0.29) is 12.0 Å². The van der Waals surface area contributed by atoms with Gasteiger partial charge in [-0.1, -0.05) is 0 Å². The standard InChI is InChI=1S/C16H21N5O4/c1-19-10-16(25-15(19)23)2-3-21(11-16)13(22)12-8-17-14(18-9-12)20-4-6-24-7-5-20/h8-9H,2-7,10-11H2,1H3. The van der Waals surface area contributed by atoms with Crippen LogP contribution in [-0.2, 0) is 9.47 Å². The number of nitrogens with zero attached hydrogens (tertiary/aromatic N) is 5. The molecule has 1 atom stereocenters. The summed E-state index contributed by atoms with van der Waals surface area (Å²) in [7, 11) is 1.71. The number of likely N-dealkylation sites (tertiary alicyclic amines) is 1. The lowest BCUT2D eigenvalue weighted by Crippen LogP contribution is -2.39. The third kappa shape index (κ3) is 2.99. The van der Waals surface area contributed by atoms with Gasteiger partial charge in [-0.15, -0.1) is 0 Å². The number of rotatable bonds is 2. The fourth-order valence-electron chi connectivity index (χ4n) is 3.56. The summed E-state index contributed by atoms with van der Waals surface area (Å²) in [6, 6.07) is 0. The van der Waals surface area contributed by atoms with Gasteiger partial charge in [-0.05, 0) is 0 Å². The minimum absolute atomic E-state index is 0.129. The summed E-state index contributed by atoms with van der Waals surface area (Å²) in [5.41, 5.74) is -0.123. The maximum Gasteiger partial charge on any atom is 0.410 e. The topological polar surface area (TPSA) is 88.1 Å². The quantitative estimate of drug-likeness (QED) is 0.743. The van der Waals surface area contributed by atoms with Crippen molar-refractivity contribution in [1.82, 2.24) is 19.8 Å². The first-order chi connectivity index (χ1) is 12.1. The van der Waals surface area contributed by atoms with Crippen molar-refractivity contribution >= 4 is 17.9 Å². The van der Waals surface area contributed by atoms with E-state index in [9.17, 15) is 9.59 Å². The first-order valence-corrected chi connectivity index (χ1v) is 8.44. The molecule has 0 saturated carbocycles. The molecule has 134 valence electrons. The van der Waals surface area contributed by atoms with Crippen LogP contribution in [0.25, 0.3) is 0 Å². The maximum atomic E-state index is 12.7. The Hall–Kier alpha value is -2.42. The van der Waals surface area contributed by atoms with E-state index >= 15 is 0 Å². The zero-order valence-corrected chi connectivity index (χ0v) is 14.2. The largest absolute Gasteiger partial charge is 0.439 e. The smallest absolute Gasteiger partial charge is 0.410 e. The van der Waals surface area contributed by atoms with E-state index in [1.54, 1.807) is 29.2 Å². The molecule has 0 radical (unpaired) electrons. The predicted octanol–water partition coefficient (Wildman–Crippen LogP) is -0.0201. The van der Waals surface area contributed by atoms with Gasteiger partial charge in [-0.25, -0.2) is 14.8 Å². The fourth-order valence-corrected chi connectivity index (χ4v) is 3.56. The minimum atomic E-state index is -0.573. The molecule has 0 N–H and O–H groups in total. The number of ether oxygens (including phenoxy) is 2. The number of amides is 2. The van der Waals surface area contributed by atoms with Crippen molar-refractivity contribution in [2.45, 2.75) is 12.0 Å². The molecule has 1 spiro atoms. The monoisotopic (exact) mass is 347 g/mol. The Morgan fingerprint density at radius 2 is 1.88 bits per heavy atom. The van der Waals surface area contributed by atoms with Crippen molar-refractivity contribution in [2.75, 3.05) is 57.9 Å². The van der Waals surface area contributed by atoms with Crippen LogP contribution in [0.5, 0.6) is 0 Å². The van der Waals surface area contributed by atoms with Gasteiger partial charge in [-0.2, -0.15) is 0 Å². The second-order valence-electron chi connectivity index (χ2n) is 6.75. The molecule has 0 bridgehead atoms. The van der Waals surface area contributed by atoms with Gasteiger partial charge < -0.3 is 24.2 Å². The molecule has 1 aromatic heterocycles. The molecule has 25 heavy (non-hydrogen) atoms. The Balaban J connectivity index is 1.42. The molecule has 0 aliphatic carbocycles. The molecule has 0 aromatic carbocycles. The molecular formula is C16H21N5O4. The van der Waals surface area contributed by atoms with E-state index in [1.807, 2.05) is 4.90 Å². The highest BCUT2D eigenvalue weighted by Crippen LogP contribution is 2.32. The zero-order chi connectivity index (χ0) is 17.4. The van der Waals surface area contributed by atoms with E-state index in [0.717, 1.165) is 13.1 Å². The summed E-state index contributed by atoms with van der Waals surface area (Å²) in [5.74, 6) is 0.486. The summed E-state index contributed by atoms with van der Waals surface area (Å²) in [4.78, 5) is 38.3. The Bertz CT molecular complexity index is 676. The molecule has 1 aromatic rings. The van der Waals surface area contributed by atoms with Crippen LogP contribution < -0.4 is 4.90 Å². The van der Waals surface area contributed by atoms with Gasteiger partial charge in [0.15, 0.2) is 5.60 Å². The number of carbonyl (C=O) groups excluding carboxylic acids is 2. The fraction of sp³-hybridized carbons (Fsp3) is 0.625. The molecule has 4 heterocycles. The zero-order valence-electron chi connectivity index (χ0n) is 14.2. The third-order valence-corrected chi connectivity index (χ3v) is 4.92. The SMILES string of the molecule is CN1CC2(CCN(C(=O)c3cnc(N4CCOCC4)nc3)C2)OC1=O. The molecule has 3 aliphatic rings. The second kappa shape index (κ2) is 6.14. The van der Waals surface area contributed by atoms with Gasteiger partial charge in [-0.3, -0.25) is 4.79 Å². The highest BCUT2D eigenvalue weighted by molar-refractivity contribution is 5.94. The third-order valence-electron chi connectivity index (χ3n) is 4.92. The van der Waals surface area contributed by atoms with Crippen molar-refractivity contribution < 1.29 is 19.1 Å². The summed E-state index contributed by atoms with van der Waals surface area (Å²) < 4.78 is 10.8. The average Bonchev–Trinajstić information content (AvgIpc) is 3.17. The Labute approximate surface area is 145 Å². The first kappa shape index (κ1) is 16.1. The molecule has 9 nitrogen and oxygen atoms in total. The van der Waals surface area contributed by atoms with Crippen LogP contribution in [0.1, 0.15) is 16.8 Å². The highest BCUT2D eigenvalue weighted by atomic mass is 16.6. The number of carbonyl (C=O) groups is 2. The lowest BCUT2D eigenvalue weighted by atomic mass is 10.0. The van der Waals surface area contributed by atoms with Crippen molar-refractivity contribution in [2.24, 2.45) is 0 Å². The molecular weight excluding hydrogens is 326 g/mol. The maximum absolute atomic E-state index is 12.7. The van der Waals surface area contributed by atoms with Crippen LogP contribution in [0.3, 0.4) is 0 Å². The molecule has 2 amide bonds. The summed E-state index contributed by atoms with van der Waals surface area (Å²) in [5, 5.41) is 0. The normalized spacial score (nSPS) is 26.4. The average molecular weight is 347 g/mol. The van der Waals surface area contributed by atoms with Crippen molar-refractivity contribution in [3.8, 4) is 0 Å². The van der Waals surface area contributed by atoms with Gasteiger partial charge in [0, 0.05) is 45.5 Å². The Morgan fingerprint density at radius 3 is 2.52 bits per heavy atom. The van der Waals surface area contributed by atoms with Gasteiger partial charge >= 0.3 is 6.09 Å². The molecule has 3 aliphatic heterocycles. The second-order valence-corrected chi connectivity index (χ2v) is 6.75. The van der Waals surface area contributed by atoms with Crippen LogP contribution in [0.2, 0.25) is 0 Å². The predicted molar refractivity (Wildman–Crippen MR) is 87.4 cm³/mol. The van der Waals surface area contributed by atoms with Crippen molar-refractivity contribution in [3.63, 3.8) is 0 Å². The molecule has 1 unspecified atom stereocenters. The number of hydrogen-bond donors (Lipinski definition) is 0. The lowest BCUT2D eigenvalue weighted by Gasteiger charge is -2.26. The van der Waals surface area contributed by atoms with Crippen LogP contribution >= 0.6 is 0 Å². The summed E-state index contributed by atoms with van der Waals surface area (Å²) in [6.45, 7) is 4.31. The van der Waals surface area contributed by atoms with Crippen molar-refractivity contribution in [3.05, 3.63) is 18.0 Å². The number of likely N-dealkylation sites (N-methyl/N-ethyl adjacent to an activating group) is 1.